The van der Waals surface area contributed by atoms with E-state index >= 15 is 0 Å². The molecular weight excluding hydrogens is 532 g/mol. The van der Waals surface area contributed by atoms with Crippen molar-refractivity contribution in [1.82, 2.24) is 4.90 Å². The minimum absolute atomic E-state index is 0. The second kappa shape index (κ2) is 9.51. The van der Waals surface area contributed by atoms with Crippen LogP contribution in [0, 0.1) is 5.92 Å². The van der Waals surface area contributed by atoms with Crippen molar-refractivity contribution >= 4 is 11.6 Å². The Hall–Kier alpha value is -4.01. The third-order valence-corrected chi connectivity index (χ3v) is 9.88. The number of anilines is 1. The van der Waals surface area contributed by atoms with Gasteiger partial charge in [-0.15, -0.1) is 0 Å². The Bertz CT molecular complexity index is 1580. The Labute approximate surface area is 245 Å². The van der Waals surface area contributed by atoms with Crippen LogP contribution in [-0.2, 0) is 16.6 Å². The first-order valence-corrected chi connectivity index (χ1v) is 14.4. The zero-order valence-corrected chi connectivity index (χ0v) is 22.5. The van der Waals surface area contributed by atoms with Crippen LogP contribution in [0.4, 0.5) is 5.69 Å². The molecule has 4 N–H and O–H groups in total. The number of aliphatic hydroxyl groups excluding tert-OH is 1. The van der Waals surface area contributed by atoms with E-state index in [1.165, 1.54) is 12.8 Å². The van der Waals surface area contributed by atoms with Crippen LogP contribution < -0.4 is 14.8 Å². The van der Waals surface area contributed by atoms with Crippen LogP contribution in [0.25, 0.3) is 0 Å². The first-order valence-electron chi connectivity index (χ1n) is 14.4. The van der Waals surface area contributed by atoms with E-state index in [9.17, 15) is 20.1 Å². The minimum atomic E-state index is -1.34. The summed E-state index contributed by atoms with van der Waals surface area (Å²) < 4.78 is 12.1. The minimum Gasteiger partial charge on any atom is -0.508 e. The van der Waals surface area contributed by atoms with E-state index in [1.807, 2.05) is 36.4 Å². The molecule has 0 radical (unpaired) electrons. The van der Waals surface area contributed by atoms with Crippen molar-refractivity contribution in [2.45, 2.75) is 62.7 Å². The normalized spacial score (nSPS) is 28.8. The molecule has 1 saturated heterocycles. The Morgan fingerprint density at radius 1 is 1.02 bits per heavy atom. The molecule has 2 heterocycles. The zero-order valence-electron chi connectivity index (χ0n) is 22.5. The molecule has 1 spiro atoms. The van der Waals surface area contributed by atoms with Gasteiger partial charge < -0.3 is 30.1 Å². The highest BCUT2D eigenvalue weighted by Crippen LogP contribution is 2.66. The number of likely N-dealkylation sites (tertiary alicyclic amines) is 1. The van der Waals surface area contributed by atoms with Crippen LogP contribution in [0.3, 0.4) is 0 Å². The lowest BCUT2D eigenvalue weighted by molar-refractivity contribution is -0.172. The Morgan fingerprint density at radius 2 is 1.76 bits per heavy atom. The second-order valence-corrected chi connectivity index (χ2v) is 12.2. The van der Waals surface area contributed by atoms with Crippen LogP contribution in [0.2, 0.25) is 0 Å². The summed E-state index contributed by atoms with van der Waals surface area (Å²) in [5, 5.41) is 38.0. The van der Waals surface area contributed by atoms with Gasteiger partial charge in [-0.3, -0.25) is 9.69 Å². The van der Waals surface area contributed by atoms with Gasteiger partial charge in [0.1, 0.15) is 17.3 Å². The maximum atomic E-state index is 13.7. The fourth-order valence-corrected chi connectivity index (χ4v) is 7.81. The molecule has 8 heteroatoms. The summed E-state index contributed by atoms with van der Waals surface area (Å²) in [6.45, 7) is 1.69. The number of hydrogen-bond acceptors (Lipinski definition) is 7. The molecule has 2 aliphatic heterocycles. The SMILES string of the molecule is C.O=C(Nc1ccc(Oc2ccccc2)cc1)C1=C(O)[C@@H]2Oc3c(O)ccc4c3[C@@]23CCN(CC2CC2)[C@H](C4)[C@]3(O)C1. The van der Waals surface area contributed by atoms with E-state index < -0.39 is 23.0 Å². The van der Waals surface area contributed by atoms with Gasteiger partial charge in [0.05, 0.1) is 16.6 Å². The predicted molar refractivity (Wildman–Crippen MR) is 158 cm³/mol. The standard InChI is InChI=1S/C33H32N2O6.CH4/c36-25-13-8-20-16-26-33(39)17-24(31(38)34-21-9-11-23(12-10-21)40-22-4-2-1-3-5-22)28(37)30-32(33,27(20)29(25)41-30)14-15-35(26)18-19-6-7-19;/h1-5,8-13,19,26,30,36-37,39H,6-7,14-18H2,(H,34,38);1H4/t26-,30+,32+,33-;/m1./s1. The number of carbonyl (C=O) groups excluding carboxylic acids is 1. The first-order chi connectivity index (χ1) is 19.9. The number of carbonyl (C=O) groups is 1. The smallest absolute Gasteiger partial charge is 0.255 e. The maximum Gasteiger partial charge on any atom is 0.255 e. The van der Waals surface area contributed by atoms with Gasteiger partial charge in [0.25, 0.3) is 5.91 Å². The summed E-state index contributed by atoms with van der Waals surface area (Å²) in [6.07, 6.45) is 2.63. The van der Waals surface area contributed by atoms with Gasteiger partial charge in [-0.25, -0.2) is 0 Å². The third-order valence-electron chi connectivity index (χ3n) is 9.88. The number of ether oxygens (including phenoxy) is 2. The quantitative estimate of drug-likeness (QED) is 0.313. The number of rotatable bonds is 6. The molecule has 3 aromatic rings. The van der Waals surface area contributed by atoms with Crippen LogP contribution in [0.15, 0.2) is 78.1 Å². The summed E-state index contributed by atoms with van der Waals surface area (Å²) in [5.74, 6) is 1.64. The van der Waals surface area contributed by atoms with Crippen molar-refractivity contribution in [3.8, 4) is 23.0 Å². The highest BCUT2D eigenvalue weighted by Gasteiger charge is 2.73. The van der Waals surface area contributed by atoms with Crippen molar-refractivity contribution in [3.63, 3.8) is 0 Å². The third kappa shape index (κ3) is 3.78. The number of hydrogen-bond donors (Lipinski definition) is 4. The van der Waals surface area contributed by atoms with Crippen molar-refractivity contribution in [2.75, 3.05) is 18.4 Å². The van der Waals surface area contributed by atoms with E-state index in [4.69, 9.17) is 9.47 Å². The van der Waals surface area contributed by atoms with E-state index in [1.54, 1.807) is 30.3 Å². The zero-order chi connectivity index (χ0) is 27.9. The number of nitrogens with zero attached hydrogens (tertiary/aromatic N) is 1. The predicted octanol–water partition coefficient (Wildman–Crippen LogP) is 5.45. The van der Waals surface area contributed by atoms with Gasteiger partial charge in [0, 0.05) is 30.3 Å². The van der Waals surface area contributed by atoms with Crippen molar-refractivity contribution < 1.29 is 29.6 Å². The Balaban J connectivity index is 0.00000288. The van der Waals surface area contributed by atoms with Gasteiger partial charge in [-0.2, -0.15) is 0 Å². The van der Waals surface area contributed by atoms with E-state index in [-0.39, 0.29) is 37.0 Å². The second-order valence-electron chi connectivity index (χ2n) is 12.2. The number of phenolic OH excluding ortho intramolecular Hbond substituents is 1. The maximum absolute atomic E-state index is 13.7. The molecule has 42 heavy (non-hydrogen) atoms. The molecule has 218 valence electrons. The van der Waals surface area contributed by atoms with E-state index in [2.05, 4.69) is 10.2 Å². The molecule has 2 fully saturated rings. The summed E-state index contributed by atoms with van der Waals surface area (Å²) in [5.41, 5.74) is 0.220. The van der Waals surface area contributed by atoms with Crippen LogP contribution in [0.1, 0.15) is 44.2 Å². The van der Waals surface area contributed by atoms with Gasteiger partial charge in [0.2, 0.25) is 0 Å². The van der Waals surface area contributed by atoms with Crippen molar-refractivity contribution in [1.29, 1.82) is 0 Å². The number of piperidine rings is 1. The van der Waals surface area contributed by atoms with Gasteiger partial charge in [0.15, 0.2) is 17.6 Å². The number of nitrogens with one attached hydrogen (secondary N) is 1. The molecule has 8 nitrogen and oxygen atoms in total. The lowest BCUT2D eigenvalue weighted by Crippen LogP contribution is -2.75. The fraction of sp³-hybridized carbons (Fsp3) is 0.382. The van der Waals surface area contributed by atoms with E-state index in [0.717, 1.165) is 24.2 Å². The molecule has 3 aliphatic carbocycles. The van der Waals surface area contributed by atoms with Crippen molar-refractivity contribution in [2.24, 2.45) is 5.92 Å². The summed E-state index contributed by atoms with van der Waals surface area (Å²) in [7, 11) is 0. The monoisotopic (exact) mass is 568 g/mol. The summed E-state index contributed by atoms with van der Waals surface area (Å²) >= 11 is 0. The Kier molecular flexibility index (Phi) is 6.08. The fourth-order valence-electron chi connectivity index (χ4n) is 7.81. The topological polar surface area (TPSA) is 111 Å². The highest BCUT2D eigenvalue weighted by atomic mass is 16.5. The molecule has 1 saturated carbocycles. The van der Waals surface area contributed by atoms with Crippen LogP contribution >= 0.6 is 0 Å². The highest BCUT2D eigenvalue weighted by molar-refractivity contribution is 6.04. The summed E-state index contributed by atoms with van der Waals surface area (Å²) in [6, 6.07) is 19.8. The molecule has 2 bridgehead atoms. The molecule has 5 aliphatic rings. The lowest BCUT2D eigenvalue weighted by atomic mass is 9.49. The number of aromatic hydroxyl groups is 1. The van der Waals surface area contributed by atoms with Crippen molar-refractivity contribution in [3.05, 3.63) is 89.2 Å². The number of benzene rings is 3. The van der Waals surface area contributed by atoms with Gasteiger partial charge in [-0.1, -0.05) is 31.7 Å². The van der Waals surface area contributed by atoms with Crippen LogP contribution in [-0.4, -0.2) is 57.0 Å². The number of phenols is 1. The van der Waals surface area contributed by atoms with Crippen LogP contribution in [0.5, 0.6) is 23.0 Å². The molecule has 8 rings (SSSR count). The van der Waals surface area contributed by atoms with Gasteiger partial charge in [-0.05, 0) is 86.2 Å². The molecule has 0 unspecified atom stereocenters. The molecule has 3 aromatic carbocycles. The molecule has 1 amide bonds. The van der Waals surface area contributed by atoms with Gasteiger partial charge >= 0.3 is 0 Å². The number of para-hydroxylation sites is 1. The average Bonchev–Trinajstić information content (AvgIpc) is 3.71. The number of aliphatic hydroxyl groups is 2. The largest absolute Gasteiger partial charge is 0.508 e. The molecule has 4 atom stereocenters. The van der Waals surface area contributed by atoms with E-state index in [0.29, 0.717) is 41.7 Å². The summed E-state index contributed by atoms with van der Waals surface area (Å²) in [4.78, 5) is 16.1. The molecular formula is C34H36N2O6. The first kappa shape index (κ1) is 26.9. The average molecular weight is 569 g/mol. The lowest BCUT2D eigenvalue weighted by Gasteiger charge is -2.62. The Morgan fingerprint density at radius 3 is 2.50 bits per heavy atom. The number of amides is 1. The molecule has 0 aromatic heterocycles.